The average molecular weight is 366 g/mol. The van der Waals surface area contributed by atoms with E-state index >= 15 is 0 Å². The molecule has 134 valence electrons. The van der Waals surface area contributed by atoms with Crippen LogP contribution in [0.3, 0.4) is 0 Å². The molecule has 0 radical (unpaired) electrons. The van der Waals surface area contributed by atoms with Crippen LogP contribution >= 0.6 is 11.8 Å². The van der Waals surface area contributed by atoms with Gasteiger partial charge in [-0.3, -0.25) is 4.79 Å². The van der Waals surface area contributed by atoms with Crippen LogP contribution in [-0.2, 0) is 4.79 Å². The van der Waals surface area contributed by atoms with Gasteiger partial charge in [-0.1, -0.05) is 42.1 Å². The van der Waals surface area contributed by atoms with E-state index in [4.69, 9.17) is 4.74 Å². The zero-order chi connectivity index (χ0) is 18.5. The number of hydrogen-bond donors (Lipinski definition) is 1. The summed E-state index contributed by atoms with van der Waals surface area (Å²) in [4.78, 5) is 16.9. The van der Waals surface area contributed by atoms with E-state index in [1.54, 1.807) is 7.11 Å². The van der Waals surface area contributed by atoms with E-state index in [-0.39, 0.29) is 11.9 Å². The van der Waals surface area contributed by atoms with Gasteiger partial charge in [0, 0.05) is 11.5 Å². The fourth-order valence-electron chi connectivity index (χ4n) is 2.80. The maximum atomic E-state index is 12.3. The predicted molar refractivity (Wildman–Crippen MR) is 107 cm³/mol. The molecule has 1 heterocycles. The van der Waals surface area contributed by atoms with Gasteiger partial charge in [-0.05, 0) is 43.2 Å². The Hall–Kier alpha value is -2.53. The number of methoxy groups -OCH3 is 1. The number of hydrogen-bond acceptors (Lipinski definition) is 4. The molecule has 0 saturated carbocycles. The number of carbonyl (C=O) groups is 1. The molecule has 0 spiro atoms. The van der Waals surface area contributed by atoms with Crippen molar-refractivity contribution < 1.29 is 9.53 Å². The summed E-state index contributed by atoms with van der Waals surface area (Å²) in [6, 6.07) is 17.8. The number of thioether (sulfide) groups is 1. The number of benzene rings is 2. The van der Waals surface area contributed by atoms with E-state index in [0.717, 1.165) is 32.8 Å². The first-order valence-electron chi connectivity index (χ1n) is 8.49. The Bertz CT molecular complexity index is 913. The number of aryl methyl sites for hydroxylation is 1. The van der Waals surface area contributed by atoms with Gasteiger partial charge >= 0.3 is 0 Å². The van der Waals surface area contributed by atoms with E-state index in [9.17, 15) is 4.79 Å². The Balaban J connectivity index is 1.66. The lowest BCUT2D eigenvalue weighted by molar-refractivity contribution is -0.119. The highest BCUT2D eigenvalue weighted by Crippen LogP contribution is 2.26. The normalized spacial score (nSPS) is 12.0. The first-order chi connectivity index (χ1) is 12.6. The monoisotopic (exact) mass is 366 g/mol. The van der Waals surface area contributed by atoms with Gasteiger partial charge < -0.3 is 10.1 Å². The van der Waals surface area contributed by atoms with Crippen molar-refractivity contribution in [2.75, 3.05) is 12.9 Å². The van der Waals surface area contributed by atoms with Gasteiger partial charge in [-0.15, -0.1) is 0 Å². The Morgan fingerprint density at radius 3 is 2.69 bits per heavy atom. The molecule has 1 atom stereocenters. The van der Waals surface area contributed by atoms with Crippen LogP contribution < -0.4 is 10.1 Å². The number of carbonyl (C=O) groups excluding carboxylic acids is 1. The molecule has 26 heavy (non-hydrogen) atoms. The molecular formula is C21H22N2O2S. The maximum absolute atomic E-state index is 12.3. The fraction of sp³-hybridized carbons (Fsp3) is 0.238. The summed E-state index contributed by atoms with van der Waals surface area (Å²) in [5, 5.41) is 4.96. The lowest BCUT2D eigenvalue weighted by Gasteiger charge is -2.14. The van der Waals surface area contributed by atoms with Crippen molar-refractivity contribution >= 4 is 28.6 Å². The van der Waals surface area contributed by atoms with Crippen molar-refractivity contribution in [2.45, 2.75) is 24.9 Å². The minimum Gasteiger partial charge on any atom is -0.497 e. The summed E-state index contributed by atoms with van der Waals surface area (Å²) in [5.41, 5.74) is 3.11. The molecule has 4 nitrogen and oxygen atoms in total. The molecule has 3 rings (SSSR count). The molecule has 1 aromatic heterocycles. The molecule has 0 aliphatic heterocycles. The van der Waals surface area contributed by atoms with E-state index in [0.29, 0.717) is 5.75 Å². The first-order valence-corrected chi connectivity index (χ1v) is 9.48. The van der Waals surface area contributed by atoms with Crippen molar-refractivity contribution in [3.8, 4) is 5.75 Å². The molecular weight excluding hydrogens is 344 g/mol. The number of ether oxygens (including phenoxy) is 1. The number of fused-ring (bicyclic) bond motifs is 1. The molecule has 0 aliphatic rings. The van der Waals surface area contributed by atoms with E-state index in [1.807, 2.05) is 61.5 Å². The topological polar surface area (TPSA) is 51.2 Å². The summed E-state index contributed by atoms with van der Waals surface area (Å²) in [7, 11) is 1.64. The van der Waals surface area contributed by atoms with Gasteiger partial charge in [0.05, 0.1) is 29.4 Å². The van der Waals surface area contributed by atoms with Crippen LogP contribution in [0.15, 0.2) is 59.6 Å². The smallest absolute Gasteiger partial charge is 0.230 e. The maximum Gasteiger partial charge on any atom is 0.230 e. The Labute approximate surface area is 158 Å². The van der Waals surface area contributed by atoms with Crippen molar-refractivity contribution in [3.05, 3.63) is 65.7 Å². The van der Waals surface area contributed by atoms with Gasteiger partial charge in [0.25, 0.3) is 0 Å². The van der Waals surface area contributed by atoms with E-state index < -0.39 is 0 Å². The van der Waals surface area contributed by atoms with Crippen LogP contribution in [0.2, 0.25) is 0 Å². The quantitative estimate of drug-likeness (QED) is 0.652. The van der Waals surface area contributed by atoms with Gasteiger partial charge in [-0.2, -0.15) is 0 Å². The standard InChI is InChI=1S/C21H22N2O2S/c1-14-11-21(23-19-12-17(25-3)9-10-18(14)19)26-13-20(24)22-15(2)16-7-5-4-6-8-16/h4-12,15H,13H2,1-3H3,(H,22,24). The molecule has 1 amide bonds. The molecule has 0 saturated heterocycles. The summed E-state index contributed by atoms with van der Waals surface area (Å²) in [6.45, 7) is 4.04. The number of nitrogens with one attached hydrogen (secondary N) is 1. The number of pyridine rings is 1. The SMILES string of the molecule is COc1ccc2c(C)cc(SCC(=O)NC(C)c3ccccc3)nc2c1. The van der Waals surface area contributed by atoms with Gasteiger partial charge in [-0.25, -0.2) is 4.98 Å². The van der Waals surface area contributed by atoms with E-state index in [2.05, 4.69) is 17.2 Å². The highest BCUT2D eigenvalue weighted by molar-refractivity contribution is 7.99. The van der Waals surface area contributed by atoms with Crippen LogP contribution in [-0.4, -0.2) is 23.8 Å². The third-order valence-electron chi connectivity index (χ3n) is 4.23. The van der Waals surface area contributed by atoms with Crippen molar-refractivity contribution in [1.29, 1.82) is 0 Å². The van der Waals surface area contributed by atoms with Gasteiger partial charge in [0.1, 0.15) is 5.75 Å². The summed E-state index contributed by atoms with van der Waals surface area (Å²) in [6.07, 6.45) is 0. The molecule has 1 N–H and O–H groups in total. The number of nitrogens with zero attached hydrogens (tertiary/aromatic N) is 1. The lowest BCUT2D eigenvalue weighted by atomic mass is 10.1. The Morgan fingerprint density at radius 2 is 1.96 bits per heavy atom. The van der Waals surface area contributed by atoms with Crippen molar-refractivity contribution in [1.82, 2.24) is 10.3 Å². The van der Waals surface area contributed by atoms with Gasteiger partial charge in [0.2, 0.25) is 5.91 Å². The molecule has 3 aromatic rings. The average Bonchev–Trinajstić information content (AvgIpc) is 2.66. The van der Waals surface area contributed by atoms with Crippen LogP contribution in [0.5, 0.6) is 5.75 Å². The molecule has 0 bridgehead atoms. The second-order valence-corrected chi connectivity index (χ2v) is 7.14. The Kier molecular flexibility index (Phi) is 5.78. The highest BCUT2D eigenvalue weighted by atomic mass is 32.2. The number of amides is 1. The van der Waals surface area contributed by atoms with Crippen LogP contribution in [0.25, 0.3) is 10.9 Å². The molecule has 5 heteroatoms. The van der Waals surface area contributed by atoms with Crippen molar-refractivity contribution in [2.24, 2.45) is 0 Å². The minimum absolute atomic E-state index is 0.00320. The predicted octanol–water partition coefficient (Wildman–Crippen LogP) is 4.52. The summed E-state index contributed by atoms with van der Waals surface area (Å²) < 4.78 is 5.28. The van der Waals surface area contributed by atoms with Crippen LogP contribution in [0, 0.1) is 6.92 Å². The third kappa shape index (κ3) is 4.35. The summed E-state index contributed by atoms with van der Waals surface area (Å²) >= 11 is 1.44. The second kappa shape index (κ2) is 8.23. The second-order valence-electron chi connectivity index (χ2n) is 6.15. The zero-order valence-corrected chi connectivity index (χ0v) is 16.0. The van der Waals surface area contributed by atoms with Crippen LogP contribution in [0.4, 0.5) is 0 Å². The Morgan fingerprint density at radius 1 is 1.19 bits per heavy atom. The highest BCUT2D eigenvalue weighted by Gasteiger charge is 2.11. The van der Waals surface area contributed by atoms with Crippen LogP contribution in [0.1, 0.15) is 24.1 Å². The lowest BCUT2D eigenvalue weighted by Crippen LogP contribution is -2.28. The first kappa shape index (κ1) is 18.3. The van der Waals surface area contributed by atoms with E-state index in [1.165, 1.54) is 11.8 Å². The minimum atomic E-state index is -0.0140. The van der Waals surface area contributed by atoms with Crippen molar-refractivity contribution in [3.63, 3.8) is 0 Å². The molecule has 0 fully saturated rings. The number of aromatic nitrogens is 1. The van der Waals surface area contributed by atoms with Gasteiger partial charge in [0.15, 0.2) is 0 Å². The molecule has 2 aromatic carbocycles. The zero-order valence-electron chi connectivity index (χ0n) is 15.2. The summed E-state index contributed by atoms with van der Waals surface area (Å²) in [5.74, 6) is 1.11. The largest absolute Gasteiger partial charge is 0.497 e. The fourth-order valence-corrected chi connectivity index (χ4v) is 3.59. The number of rotatable bonds is 6. The third-order valence-corrected chi connectivity index (χ3v) is 5.14. The molecule has 0 aliphatic carbocycles. The molecule has 1 unspecified atom stereocenters.